The van der Waals surface area contributed by atoms with Crippen molar-refractivity contribution in [1.82, 2.24) is 5.32 Å². The largest absolute Gasteiger partial charge is 0.460 e. The molecule has 3 nitrogen and oxygen atoms in total. The standard InChI is InChI=1S/C13H23NO2S/c1-9-13(5-6-17-9)8-14-7-10(13)11(15)16-12(2,3)4/h9-10,14H,5-8H2,1-4H3. The minimum atomic E-state index is -0.379. The van der Waals surface area contributed by atoms with Crippen molar-refractivity contribution in [3.05, 3.63) is 0 Å². The molecular formula is C13H23NO2S. The Morgan fingerprint density at radius 2 is 2.18 bits per heavy atom. The number of ether oxygens (including phenoxy) is 1. The van der Waals surface area contributed by atoms with Gasteiger partial charge in [-0.05, 0) is 32.9 Å². The van der Waals surface area contributed by atoms with Gasteiger partial charge in [-0.2, -0.15) is 11.8 Å². The van der Waals surface area contributed by atoms with E-state index in [-0.39, 0.29) is 22.9 Å². The van der Waals surface area contributed by atoms with Crippen LogP contribution in [0.1, 0.15) is 34.1 Å². The summed E-state index contributed by atoms with van der Waals surface area (Å²) in [6.45, 7) is 9.80. The van der Waals surface area contributed by atoms with Gasteiger partial charge in [0.1, 0.15) is 5.60 Å². The summed E-state index contributed by atoms with van der Waals surface area (Å²) >= 11 is 1.98. The van der Waals surface area contributed by atoms with Crippen molar-refractivity contribution in [3.8, 4) is 0 Å². The summed E-state index contributed by atoms with van der Waals surface area (Å²) in [6, 6.07) is 0. The quantitative estimate of drug-likeness (QED) is 0.730. The fraction of sp³-hybridized carbons (Fsp3) is 0.923. The van der Waals surface area contributed by atoms with Gasteiger partial charge in [-0.25, -0.2) is 0 Å². The molecule has 17 heavy (non-hydrogen) atoms. The highest BCUT2D eigenvalue weighted by Crippen LogP contribution is 2.50. The minimum absolute atomic E-state index is 0.0168. The van der Waals surface area contributed by atoms with E-state index in [0.29, 0.717) is 5.25 Å². The van der Waals surface area contributed by atoms with Crippen LogP contribution >= 0.6 is 11.8 Å². The Kier molecular flexibility index (Phi) is 3.47. The second-order valence-electron chi connectivity index (χ2n) is 6.21. The van der Waals surface area contributed by atoms with Crippen LogP contribution in [-0.2, 0) is 9.53 Å². The third-order valence-corrected chi connectivity index (χ3v) is 5.34. The number of thioether (sulfide) groups is 1. The summed E-state index contributed by atoms with van der Waals surface area (Å²) in [4.78, 5) is 12.3. The molecule has 4 heteroatoms. The Labute approximate surface area is 108 Å². The van der Waals surface area contributed by atoms with E-state index in [1.807, 2.05) is 32.5 Å². The molecule has 1 N–H and O–H groups in total. The van der Waals surface area contributed by atoms with Gasteiger partial charge in [0.15, 0.2) is 0 Å². The first-order chi connectivity index (χ1) is 7.85. The Hall–Kier alpha value is -0.220. The van der Waals surface area contributed by atoms with Gasteiger partial charge in [0.25, 0.3) is 0 Å². The molecule has 0 aliphatic carbocycles. The monoisotopic (exact) mass is 257 g/mol. The summed E-state index contributed by atoms with van der Waals surface area (Å²) in [7, 11) is 0. The molecule has 2 fully saturated rings. The fourth-order valence-electron chi connectivity index (χ4n) is 2.95. The van der Waals surface area contributed by atoms with Crippen molar-refractivity contribution in [2.45, 2.75) is 45.0 Å². The maximum absolute atomic E-state index is 12.3. The second kappa shape index (κ2) is 4.47. The van der Waals surface area contributed by atoms with Crippen molar-refractivity contribution < 1.29 is 9.53 Å². The molecule has 0 saturated carbocycles. The number of carbonyl (C=O) groups is 1. The smallest absolute Gasteiger partial charge is 0.311 e. The Balaban J connectivity index is 2.12. The maximum atomic E-state index is 12.3. The third-order valence-electron chi connectivity index (χ3n) is 3.93. The molecule has 0 bridgehead atoms. The lowest BCUT2D eigenvalue weighted by molar-refractivity contribution is -0.163. The number of nitrogens with one attached hydrogen (secondary N) is 1. The second-order valence-corrected chi connectivity index (χ2v) is 7.66. The van der Waals surface area contributed by atoms with E-state index in [0.717, 1.165) is 19.5 Å². The van der Waals surface area contributed by atoms with E-state index in [2.05, 4.69) is 12.2 Å². The minimum Gasteiger partial charge on any atom is -0.460 e. The Bertz CT molecular complexity index is 309. The third kappa shape index (κ3) is 2.48. The molecule has 0 aromatic carbocycles. The first-order valence-electron chi connectivity index (χ1n) is 6.40. The molecule has 2 rings (SSSR count). The van der Waals surface area contributed by atoms with Crippen LogP contribution in [0.3, 0.4) is 0 Å². The van der Waals surface area contributed by atoms with Gasteiger partial charge in [-0.1, -0.05) is 6.92 Å². The van der Waals surface area contributed by atoms with Crippen LogP contribution in [0.15, 0.2) is 0 Å². The van der Waals surface area contributed by atoms with Crippen LogP contribution in [0, 0.1) is 11.3 Å². The topological polar surface area (TPSA) is 38.3 Å². The van der Waals surface area contributed by atoms with Crippen LogP contribution in [0.2, 0.25) is 0 Å². The van der Waals surface area contributed by atoms with Gasteiger partial charge < -0.3 is 10.1 Å². The van der Waals surface area contributed by atoms with Crippen molar-refractivity contribution in [2.75, 3.05) is 18.8 Å². The summed E-state index contributed by atoms with van der Waals surface area (Å²) in [5.41, 5.74) is -0.247. The molecule has 0 aromatic rings. The van der Waals surface area contributed by atoms with Crippen molar-refractivity contribution in [1.29, 1.82) is 0 Å². The molecule has 98 valence electrons. The average Bonchev–Trinajstić information content (AvgIpc) is 2.74. The predicted octanol–water partition coefficient (Wildman–Crippen LogP) is 2.06. The molecule has 2 heterocycles. The number of rotatable bonds is 1. The van der Waals surface area contributed by atoms with Crippen molar-refractivity contribution in [2.24, 2.45) is 11.3 Å². The molecule has 0 aromatic heterocycles. The predicted molar refractivity (Wildman–Crippen MR) is 71.2 cm³/mol. The zero-order valence-corrected chi connectivity index (χ0v) is 12.0. The molecule has 3 atom stereocenters. The van der Waals surface area contributed by atoms with Gasteiger partial charge in [0, 0.05) is 23.8 Å². The highest BCUT2D eigenvalue weighted by atomic mass is 32.2. The summed E-state index contributed by atoms with van der Waals surface area (Å²) < 4.78 is 5.57. The molecule has 2 aliphatic rings. The van der Waals surface area contributed by atoms with Crippen LogP contribution in [0.5, 0.6) is 0 Å². The summed E-state index contributed by atoms with van der Waals surface area (Å²) in [5.74, 6) is 1.19. The summed E-state index contributed by atoms with van der Waals surface area (Å²) in [5, 5.41) is 3.94. The lowest BCUT2D eigenvalue weighted by Crippen LogP contribution is -2.42. The molecule has 2 saturated heterocycles. The van der Waals surface area contributed by atoms with Gasteiger partial charge in [-0.3, -0.25) is 4.79 Å². The van der Waals surface area contributed by atoms with E-state index < -0.39 is 0 Å². The Morgan fingerprint density at radius 3 is 2.71 bits per heavy atom. The van der Waals surface area contributed by atoms with Gasteiger partial charge >= 0.3 is 5.97 Å². The first-order valence-corrected chi connectivity index (χ1v) is 7.45. The molecule has 0 amide bonds. The Morgan fingerprint density at radius 1 is 1.47 bits per heavy atom. The van der Waals surface area contributed by atoms with E-state index in [4.69, 9.17) is 4.74 Å². The van der Waals surface area contributed by atoms with Gasteiger partial charge in [0.2, 0.25) is 0 Å². The van der Waals surface area contributed by atoms with Gasteiger partial charge in [-0.15, -0.1) is 0 Å². The molecule has 2 aliphatic heterocycles. The maximum Gasteiger partial charge on any atom is 0.311 e. The highest BCUT2D eigenvalue weighted by Gasteiger charge is 2.53. The fourth-order valence-corrected chi connectivity index (χ4v) is 4.50. The van der Waals surface area contributed by atoms with Gasteiger partial charge in [0.05, 0.1) is 5.92 Å². The first kappa shape index (κ1) is 13.2. The van der Waals surface area contributed by atoms with Crippen molar-refractivity contribution in [3.63, 3.8) is 0 Å². The molecule has 1 spiro atoms. The molecular weight excluding hydrogens is 234 g/mol. The summed E-state index contributed by atoms with van der Waals surface area (Å²) in [6.07, 6.45) is 1.13. The lowest BCUT2D eigenvalue weighted by atomic mass is 9.73. The number of hydrogen-bond acceptors (Lipinski definition) is 4. The zero-order chi connectivity index (χ0) is 12.7. The van der Waals surface area contributed by atoms with Crippen LogP contribution in [-0.4, -0.2) is 35.7 Å². The number of carbonyl (C=O) groups excluding carboxylic acids is 1. The van der Waals surface area contributed by atoms with E-state index >= 15 is 0 Å². The molecule has 0 radical (unpaired) electrons. The SMILES string of the molecule is CC1SCCC12CNCC2C(=O)OC(C)(C)C. The number of esters is 1. The van der Waals surface area contributed by atoms with Crippen LogP contribution in [0.25, 0.3) is 0 Å². The van der Waals surface area contributed by atoms with Crippen LogP contribution in [0.4, 0.5) is 0 Å². The zero-order valence-electron chi connectivity index (χ0n) is 11.2. The van der Waals surface area contributed by atoms with Crippen LogP contribution < -0.4 is 5.32 Å². The average molecular weight is 257 g/mol. The lowest BCUT2D eigenvalue weighted by Gasteiger charge is -2.34. The van der Waals surface area contributed by atoms with E-state index in [1.165, 1.54) is 5.75 Å². The number of hydrogen-bond donors (Lipinski definition) is 1. The normalized spacial score (nSPS) is 37.6. The van der Waals surface area contributed by atoms with E-state index in [1.54, 1.807) is 0 Å². The highest BCUT2D eigenvalue weighted by molar-refractivity contribution is 8.00. The van der Waals surface area contributed by atoms with Crippen molar-refractivity contribution >= 4 is 17.7 Å². The molecule has 3 unspecified atom stereocenters. The van der Waals surface area contributed by atoms with E-state index in [9.17, 15) is 4.79 Å².